The number of ether oxygens (including phenoxy) is 1. The van der Waals surface area contributed by atoms with Gasteiger partial charge in [-0.3, -0.25) is 29.0 Å². The number of phenolic OH excluding ortho intramolecular Hbond substituents is 1. The fraction of sp³-hybridized carbons (Fsp3) is 0.321. The number of phenols is 1. The van der Waals surface area contributed by atoms with Gasteiger partial charge >= 0.3 is 11.9 Å². The predicted octanol–water partition coefficient (Wildman–Crippen LogP) is 0.397. The van der Waals surface area contributed by atoms with E-state index in [1.54, 1.807) is 0 Å². The van der Waals surface area contributed by atoms with Crippen molar-refractivity contribution in [1.29, 1.82) is 0 Å². The number of carbonyl (C=O) groups is 7. The van der Waals surface area contributed by atoms with E-state index in [9.17, 15) is 38.7 Å². The number of carboxylic acid groups (broad SMARTS) is 1. The second-order valence-corrected chi connectivity index (χ2v) is 9.73. The lowest BCUT2D eigenvalue weighted by atomic mass is 10.0. The number of hydrazine groups is 1. The van der Waals surface area contributed by atoms with Crippen LogP contribution in [-0.4, -0.2) is 86.8 Å². The number of rotatable bonds is 9. The molecule has 0 saturated carbocycles. The van der Waals surface area contributed by atoms with Crippen molar-refractivity contribution in [3.05, 3.63) is 59.7 Å². The first-order chi connectivity index (χ1) is 20.1. The largest absolute Gasteiger partial charge is 0.508 e. The number of fused-ring (bicyclic) bond motifs is 1. The van der Waals surface area contributed by atoms with Crippen molar-refractivity contribution in [3.63, 3.8) is 0 Å². The Morgan fingerprint density at radius 1 is 1.00 bits per heavy atom. The number of benzene rings is 2. The second kappa shape index (κ2) is 12.9. The topological polar surface area (TPSA) is 200 Å². The fourth-order valence-electron chi connectivity index (χ4n) is 4.69. The molecular formula is C28H28N4O10. The second-order valence-electron chi connectivity index (χ2n) is 9.73. The Labute approximate surface area is 239 Å². The van der Waals surface area contributed by atoms with E-state index in [4.69, 9.17) is 9.84 Å². The lowest BCUT2D eigenvalue weighted by molar-refractivity contribution is -0.176. The summed E-state index contributed by atoms with van der Waals surface area (Å²) in [6, 6.07) is 7.33. The molecule has 4 rings (SSSR count). The van der Waals surface area contributed by atoms with Crippen LogP contribution in [0.4, 0.5) is 0 Å². The summed E-state index contributed by atoms with van der Waals surface area (Å²) in [5, 5.41) is 25.4. The molecule has 220 valence electrons. The van der Waals surface area contributed by atoms with E-state index in [2.05, 4.69) is 10.6 Å². The monoisotopic (exact) mass is 580 g/mol. The predicted molar refractivity (Wildman–Crippen MR) is 142 cm³/mol. The van der Waals surface area contributed by atoms with Crippen LogP contribution >= 0.6 is 0 Å². The fourth-order valence-corrected chi connectivity index (χ4v) is 4.69. The first-order valence-electron chi connectivity index (χ1n) is 13.1. The van der Waals surface area contributed by atoms with Crippen LogP contribution in [-0.2, 0) is 24.0 Å². The first kappa shape index (κ1) is 29.7. The molecule has 2 saturated heterocycles. The van der Waals surface area contributed by atoms with E-state index >= 15 is 0 Å². The van der Waals surface area contributed by atoms with Gasteiger partial charge in [0, 0.05) is 18.5 Å². The number of carboxylic acids is 1. The third-order valence-electron chi connectivity index (χ3n) is 6.79. The van der Waals surface area contributed by atoms with E-state index in [-0.39, 0.29) is 54.7 Å². The van der Waals surface area contributed by atoms with Crippen molar-refractivity contribution in [3.8, 4) is 11.5 Å². The van der Waals surface area contributed by atoms with E-state index < -0.39 is 60.1 Å². The Kier molecular flexibility index (Phi) is 9.15. The third kappa shape index (κ3) is 6.89. The number of carbonyl (C=O) groups excluding carboxylic acids is 6. The standard InChI is InChI=1S/C28H28N4O10/c33-15-18(14-24(36)37)29-26(39)22-2-1-13-31-23(35)12-11-21(27(40)32(22)31)30-25(38)16-5-9-20(10-6-16)42-28(41)17-3-7-19(34)8-4-17/h3-10,15,18,21-22,34H,1-2,11-14H2,(H,29,39)(H,30,38)(H,36,37)/t18-,21-,22-/m0/s1. The number of esters is 1. The molecule has 2 aromatic carbocycles. The minimum atomic E-state index is -1.32. The number of amides is 4. The maximum Gasteiger partial charge on any atom is 0.343 e. The van der Waals surface area contributed by atoms with Gasteiger partial charge in [0.1, 0.15) is 29.9 Å². The number of hydrogen-bond donors (Lipinski definition) is 4. The summed E-state index contributed by atoms with van der Waals surface area (Å²) < 4.78 is 5.27. The highest BCUT2D eigenvalue weighted by atomic mass is 16.5. The molecule has 3 atom stereocenters. The van der Waals surface area contributed by atoms with Crippen molar-refractivity contribution < 1.29 is 48.5 Å². The van der Waals surface area contributed by atoms with Crippen LogP contribution in [0.2, 0.25) is 0 Å². The lowest BCUT2D eigenvalue weighted by Crippen LogP contribution is -2.64. The zero-order valence-electron chi connectivity index (χ0n) is 22.2. The molecule has 0 aromatic heterocycles. The summed E-state index contributed by atoms with van der Waals surface area (Å²) in [5.41, 5.74) is 0.341. The Bertz CT molecular complexity index is 1390. The number of aliphatic carboxylic acids is 1. The normalized spacial score (nSPS) is 19.1. The molecule has 0 aliphatic carbocycles. The molecule has 2 aliphatic heterocycles. The van der Waals surface area contributed by atoms with Gasteiger partial charge < -0.3 is 30.4 Å². The van der Waals surface area contributed by atoms with Gasteiger partial charge in [-0.25, -0.2) is 9.80 Å². The van der Waals surface area contributed by atoms with Gasteiger partial charge in [0.05, 0.1) is 18.0 Å². The van der Waals surface area contributed by atoms with Crippen molar-refractivity contribution in [2.75, 3.05) is 6.54 Å². The molecule has 2 heterocycles. The molecule has 0 radical (unpaired) electrons. The Morgan fingerprint density at radius 3 is 2.31 bits per heavy atom. The van der Waals surface area contributed by atoms with Crippen LogP contribution < -0.4 is 15.4 Å². The zero-order valence-corrected chi connectivity index (χ0v) is 22.2. The van der Waals surface area contributed by atoms with Gasteiger partial charge in [0.2, 0.25) is 11.8 Å². The van der Waals surface area contributed by atoms with Crippen LogP contribution in [0.15, 0.2) is 48.5 Å². The molecule has 0 spiro atoms. The number of aldehydes is 1. The number of hydrogen-bond acceptors (Lipinski definition) is 9. The zero-order chi connectivity index (χ0) is 30.4. The SMILES string of the molecule is O=C[C@H](CC(=O)O)NC(=O)[C@@H]1CCCN2C(=O)CC[C@H](NC(=O)c3ccc(OC(=O)c4ccc(O)cc4)cc3)C(=O)N12. The molecule has 0 unspecified atom stereocenters. The average molecular weight is 581 g/mol. The molecular weight excluding hydrogens is 552 g/mol. The van der Waals surface area contributed by atoms with E-state index in [1.807, 2.05) is 0 Å². The van der Waals surface area contributed by atoms with Gasteiger partial charge in [-0.2, -0.15) is 0 Å². The van der Waals surface area contributed by atoms with Crippen LogP contribution in [0.3, 0.4) is 0 Å². The van der Waals surface area contributed by atoms with Crippen molar-refractivity contribution >= 4 is 41.9 Å². The number of nitrogens with one attached hydrogen (secondary N) is 2. The summed E-state index contributed by atoms with van der Waals surface area (Å²) in [6.45, 7) is 0.172. The van der Waals surface area contributed by atoms with Gasteiger partial charge in [-0.05, 0) is 67.8 Å². The highest BCUT2D eigenvalue weighted by Crippen LogP contribution is 2.25. The van der Waals surface area contributed by atoms with Crippen LogP contribution in [0.1, 0.15) is 52.8 Å². The average Bonchev–Trinajstić information content (AvgIpc) is 3.09. The minimum Gasteiger partial charge on any atom is -0.508 e. The highest BCUT2D eigenvalue weighted by molar-refractivity contribution is 6.00. The van der Waals surface area contributed by atoms with Gasteiger partial charge in [-0.15, -0.1) is 0 Å². The smallest absolute Gasteiger partial charge is 0.343 e. The van der Waals surface area contributed by atoms with Crippen molar-refractivity contribution in [2.24, 2.45) is 0 Å². The highest BCUT2D eigenvalue weighted by Gasteiger charge is 2.45. The third-order valence-corrected chi connectivity index (χ3v) is 6.79. The molecule has 2 aromatic rings. The molecule has 4 N–H and O–H groups in total. The summed E-state index contributed by atoms with van der Waals surface area (Å²) in [5.74, 6) is -4.39. The Hall–Kier alpha value is -5.27. The molecule has 2 aliphatic rings. The van der Waals surface area contributed by atoms with Gasteiger partial charge in [0.15, 0.2) is 0 Å². The van der Waals surface area contributed by atoms with Crippen LogP contribution in [0, 0.1) is 0 Å². The maximum atomic E-state index is 13.6. The van der Waals surface area contributed by atoms with Gasteiger partial charge in [-0.1, -0.05) is 0 Å². The summed E-state index contributed by atoms with van der Waals surface area (Å²) in [7, 11) is 0. The van der Waals surface area contributed by atoms with E-state index in [0.29, 0.717) is 6.42 Å². The quantitative estimate of drug-likeness (QED) is 0.183. The van der Waals surface area contributed by atoms with E-state index in [0.717, 1.165) is 10.0 Å². The maximum absolute atomic E-state index is 13.6. The van der Waals surface area contributed by atoms with Crippen molar-refractivity contribution in [1.82, 2.24) is 20.7 Å². The molecule has 14 heteroatoms. The van der Waals surface area contributed by atoms with Gasteiger partial charge in [0.25, 0.3) is 11.8 Å². The molecule has 2 fully saturated rings. The molecule has 42 heavy (non-hydrogen) atoms. The number of nitrogens with zero attached hydrogens (tertiary/aromatic N) is 2. The first-order valence-corrected chi connectivity index (χ1v) is 13.1. The van der Waals surface area contributed by atoms with E-state index in [1.165, 1.54) is 48.5 Å². The summed E-state index contributed by atoms with van der Waals surface area (Å²) in [4.78, 5) is 87.0. The summed E-state index contributed by atoms with van der Waals surface area (Å²) in [6.07, 6.45) is 0.0767. The molecule has 0 bridgehead atoms. The van der Waals surface area contributed by atoms with Crippen molar-refractivity contribution in [2.45, 2.75) is 50.2 Å². The summed E-state index contributed by atoms with van der Waals surface area (Å²) >= 11 is 0. The minimum absolute atomic E-state index is 0.00695. The van der Waals surface area contributed by atoms with Crippen LogP contribution in [0.5, 0.6) is 11.5 Å². The Balaban J connectivity index is 1.44. The molecule has 14 nitrogen and oxygen atoms in total. The molecule has 4 amide bonds. The van der Waals surface area contributed by atoms with Crippen LogP contribution in [0.25, 0.3) is 0 Å². The number of aromatic hydroxyl groups is 1. The lowest BCUT2D eigenvalue weighted by Gasteiger charge is -2.43. The Morgan fingerprint density at radius 2 is 1.67 bits per heavy atom.